The highest BCUT2D eigenvalue weighted by atomic mass is 16.4. The van der Waals surface area contributed by atoms with E-state index >= 15 is 0 Å². The number of aliphatic carboxylic acids is 1. The molecule has 0 aromatic carbocycles. The summed E-state index contributed by atoms with van der Waals surface area (Å²) in [7, 11) is 0. The molecule has 6 nitrogen and oxygen atoms in total. The van der Waals surface area contributed by atoms with E-state index in [0.29, 0.717) is 18.7 Å². The van der Waals surface area contributed by atoms with Crippen LogP contribution in [0.3, 0.4) is 0 Å². The molecule has 21 heavy (non-hydrogen) atoms. The molecule has 1 atom stereocenters. The van der Waals surface area contributed by atoms with Gasteiger partial charge in [-0.05, 0) is 25.3 Å². The van der Waals surface area contributed by atoms with Crippen LogP contribution in [0.5, 0.6) is 0 Å². The number of carbonyl (C=O) groups is 2. The molecule has 0 radical (unpaired) electrons. The van der Waals surface area contributed by atoms with Crippen molar-refractivity contribution in [3.05, 3.63) is 17.5 Å². The Morgan fingerprint density at radius 3 is 2.52 bits per heavy atom. The van der Waals surface area contributed by atoms with E-state index in [2.05, 4.69) is 10.4 Å². The van der Waals surface area contributed by atoms with Crippen LogP contribution < -0.4 is 5.32 Å². The summed E-state index contributed by atoms with van der Waals surface area (Å²) >= 11 is 0. The number of nitrogens with one attached hydrogen (secondary N) is 1. The van der Waals surface area contributed by atoms with E-state index < -0.39 is 12.0 Å². The van der Waals surface area contributed by atoms with E-state index in [4.69, 9.17) is 0 Å². The fourth-order valence-corrected chi connectivity index (χ4v) is 2.04. The molecule has 2 N–H and O–H groups in total. The molecule has 1 aromatic rings. The quantitative estimate of drug-likeness (QED) is 0.771. The van der Waals surface area contributed by atoms with Crippen LogP contribution in [0.1, 0.15) is 69.1 Å². The lowest BCUT2D eigenvalue weighted by molar-refractivity contribution is -0.139. The lowest BCUT2D eigenvalue weighted by Gasteiger charge is -2.14. The highest BCUT2D eigenvalue weighted by Crippen LogP contribution is 2.15. The number of nitrogens with zero attached hydrogens (tertiary/aromatic N) is 2. The molecule has 118 valence electrons. The maximum Gasteiger partial charge on any atom is 0.326 e. The van der Waals surface area contributed by atoms with E-state index in [9.17, 15) is 14.7 Å². The van der Waals surface area contributed by atoms with Crippen LogP contribution in [-0.4, -0.2) is 32.8 Å². The molecule has 0 bridgehead atoms. The normalized spacial score (nSPS) is 12.4. The van der Waals surface area contributed by atoms with Crippen molar-refractivity contribution in [3.63, 3.8) is 0 Å². The minimum atomic E-state index is -0.997. The van der Waals surface area contributed by atoms with Gasteiger partial charge in [0.25, 0.3) is 5.91 Å². The zero-order valence-corrected chi connectivity index (χ0v) is 13.2. The van der Waals surface area contributed by atoms with Crippen molar-refractivity contribution in [3.8, 4) is 0 Å². The molecule has 0 saturated carbocycles. The maximum atomic E-state index is 12.3. The number of carboxylic acid groups (broad SMARTS) is 1. The molecule has 0 spiro atoms. The van der Waals surface area contributed by atoms with Gasteiger partial charge in [0.1, 0.15) is 11.7 Å². The monoisotopic (exact) mass is 295 g/mol. The number of hydrogen-bond donors (Lipinski definition) is 2. The number of rotatable bonds is 8. The van der Waals surface area contributed by atoms with Crippen molar-refractivity contribution in [1.82, 2.24) is 15.1 Å². The Bertz CT molecular complexity index is 494. The molecule has 6 heteroatoms. The zero-order chi connectivity index (χ0) is 16.0. The van der Waals surface area contributed by atoms with Crippen molar-refractivity contribution in [2.75, 3.05) is 0 Å². The van der Waals surface area contributed by atoms with Crippen molar-refractivity contribution in [2.24, 2.45) is 0 Å². The third kappa shape index (κ3) is 4.58. The summed E-state index contributed by atoms with van der Waals surface area (Å²) in [6.45, 7) is 8.47. The fourth-order valence-electron chi connectivity index (χ4n) is 2.04. The van der Waals surface area contributed by atoms with Gasteiger partial charge in [-0.2, -0.15) is 5.10 Å². The van der Waals surface area contributed by atoms with Crippen LogP contribution in [0, 0.1) is 0 Å². The first kappa shape index (κ1) is 17.2. The molecule has 1 heterocycles. The van der Waals surface area contributed by atoms with Gasteiger partial charge in [0.05, 0.1) is 5.69 Å². The van der Waals surface area contributed by atoms with E-state index in [-0.39, 0.29) is 11.8 Å². The number of hydrogen-bond acceptors (Lipinski definition) is 3. The van der Waals surface area contributed by atoms with Crippen LogP contribution >= 0.6 is 0 Å². The first-order chi connectivity index (χ1) is 9.90. The third-order valence-electron chi connectivity index (χ3n) is 3.37. The SMILES string of the molecule is CCCCC(NC(=O)c1cc(C(C)C)nn1CC)C(=O)O. The Morgan fingerprint density at radius 2 is 2.05 bits per heavy atom. The molecular formula is C15H25N3O3. The van der Waals surface area contributed by atoms with E-state index in [1.54, 1.807) is 10.7 Å². The highest BCUT2D eigenvalue weighted by Gasteiger charge is 2.23. The van der Waals surface area contributed by atoms with Crippen LogP contribution in [0.4, 0.5) is 0 Å². The van der Waals surface area contributed by atoms with Crippen LogP contribution in [0.2, 0.25) is 0 Å². The summed E-state index contributed by atoms with van der Waals surface area (Å²) in [6.07, 6.45) is 2.10. The highest BCUT2D eigenvalue weighted by molar-refractivity contribution is 5.95. The third-order valence-corrected chi connectivity index (χ3v) is 3.37. The number of carboxylic acids is 1. The summed E-state index contributed by atoms with van der Waals surface area (Å²) in [4.78, 5) is 23.5. The average molecular weight is 295 g/mol. The second-order valence-corrected chi connectivity index (χ2v) is 5.43. The molecule has 0 aliphatic heterocycles. The van der Waals surface area contributed by atoms with Crippen LogP contribution in [-0.2, 0) is 11.3 Å². The van der Waals surface area contributed by atoms with Crippen LogP contribution in [0.15, 0.2) is 6.07 Å². The van der Waals surface area contributed by atoms with Crippen molar-refractivity contribution in [1.29, 1.82) is 0 Å². The summed E-state index contributed by atoms with van der Waals surface area (Å²) < 4.78 is 1.61. The molecule has 0 aliphatic carbocycles. The van der Waals surface area contributed by atoms with Gasteiger partial charge in [-0.25, -0.2) is 4.79 Å². The van der Waals surface area contributed by atoms with Gasteiger partial charge in [0, 0.05) is 6.54 Å². The fraction of sp³-hybridized carbons (Fsp3) is 0.667. The number of unbranched alkanes of at least 4 members (excludes halogenated alkanes) is 1. The summed E-state index contributed by atoms with van der Waals surface area (Å²) in [5.41, 5.74) is 1.26. The Balaban J connectivity index is 2.88. The number of carbonyl (C=O) groups excluding carboxylic acids is 1. The number of aryl methyl sites for hydroxylation is 1. The largest absolute Gasteiger partial charge is 0.480 e. The van der Waals surface area contributed by atoms with Crippen molar-refractivity contribution < 1.29 is 14.7 Å². The summed E-state index contributed by atoms with van der Waals surface area (Å²) in [6, 6.07) is 0.891. The molecule has 1 aromatic heterocycles. The predicted molar refractivity (Wildman–Crippen MR) is 80.4 cm³/mol. The second kappa shape index (κ2) is 7.81. The number of aromatic nitrogens is 2. The maximum absolute atomic E-state index is 12.3. The van der Waals surface area contributed by atoms with Gasteiger partial charge in [-0.3, -0.25) is 9.48 Å². The van der Waals surface area contributed by atoms with Crippen molar-refractivity contribution in [2.45, 2.75) is 65.5 Å². The van der Waals surface area contributed by atoms with Gasteiger partial charge < -0.3 is 10.4 Å². The lowest BCUT2D eigenvalue weighted by atomic mass is 10.1. The van der Waals surface area contributed by atoms with Gasteiger partial charge in [-0.15, -0.1) is 0 Å². The zero-order valence-electron chi connectivity index (χ0n) is 13.2. The molecule has 1 rings (SSSR count). The summed E-state index contributed by atoms with van der Waals surface area (Å²) in [5.74, 6) is -1.15. The van der Waals surface area contributed by atoms with Crippen molar-refractivity contribution >= 4 is 11.9 Å². The van der Waals surface area contributed by atoms with Gasteiger partial charge in [0.2, 0.25) is 0 Å². The average Bonchev–Trinajstić information content (AvgIpc) is 2.87. The van der Waals surface area contributed by atoms with Crippen LogP contribution in [0.25, 0.3) is 0 Å². The standard InChI is InChI=1S/C15H25N3O3/c1-5-7-8-11(15(20)21)16-14(19)13-9-12(10(3)4)17-18(13)6-2/h9-11H,5-8H2,1-4H3,(H,16,19)(H,20,21). The topological polar surface area (TPSA) is 84.2 Å². The Morgan fingerprint density at radius 1 is 1.38 bits per heavy atom. The first-order valence-electron chi connectivity index (χ1n) is 7.52. The smallest absolute Gasteiger partial charge is 0.326 e. The minimum absolute atomic E-state index is 0.222. The Kier molecular flexibility index (Phi) is 6.39. The van der Waals surface area contributed by atoms with Gasteiger partial charge in [0.15, 0.2) is 0 Å². The van der Waals surface area contributed by atoms with Gasteiger partial charge >= 0.3 is 5.97 Å². The molecular weight excluding hydrogens is 270 g/mol. The Labute approximate surface area is 125 Å². The molecule has 0 saturated heterocycles. The lowest BCUT2D eigenvalue weighted by Crippen LogP contribution is -2.41. The first-order valence-corrected chi connectivity index (χ1v) is 7.52. The minimum Gasteiger partial charge on any atom is -0.480 e. The molecule has 1 unspecified atom stereocenters. The molecule has 0 aliphatic rings. The van der Waals surface area contributed by atoms with Gasteiger partial charge in [-0.1, -0.05) is 33.6 Å². The predicted octanol–water partition coefficient (Wildman–Crippen LogP) is 2.40. The molecule has 1 amide bonds. The van der Waals surface area contributed by atoms with E-state index in [1.807, 2.05) is 27.7 Å². The second-order valence-electron chi connectivity index (χ2n) is 5.43. The summed E-state index contributed by atoms with van der Waals surface area (Å²) in [5, 5.41) is 16.1. The van der Waals surface area contributed by atoms with E-state index in [0.717, 1.165) is 18.5 Å². The molecule has 0 fully saturated rings. The number of amides is 1. The van der Waals surface area contributed by atoms with E-state index in [1.165, 1.54) is 0 Å². The Hall–Kier alpha value is -1.85.